The van der Waals surface area contributed by atoms with E-state index in [0.29, 0.717) is 6.42 Å². The molecule has 2 N–H and O–H groups in total. The van der Waals surface area contributed by atoms with Crippen LogP contribution in [0.5, 0.6) is 0 Å². The summed E-state index contributed by atoms with van der Waals surface area (Å²) in [5, 5.41) is 0. The van der Waals surface area contributed by atoms with E-state index in [-0.39, 0.29) is 42.4 Å². The van der Waals surface area contributed by atoms with Crippen LogP contribution in [0.2, 0.25) is 0 Å². The fourth-order valence-corrected chi connectivity index (χ4v) is 3.88. The molecule has 0 bridgehead atoms. The van der Waals surface area contributed by atoms with Crippen molar-refractivity contribution in [1.29, 1.82) is 0 Å². The summed E-state index contributed by atoms with van der Waals surface area (Å²) in [6.07, 6.45) is 1.30. The van der Waals surface area contributed by atoms with E-state index in [2.05, 4.69) is 11.6 Å². The second-order valence-electron chi connectivity index (χ2n) is 9.59. The number of carbonyl (C=O) groups excluding carboxylic acids is 2. The second-order valence-corrected chi connectivity index (χ2v) is 9.86. The molecule has 0 radical (unpaired) electrons. The normalized spacial score (nSPS) is 27.5. The first-order chi connectivity index (χ1) is 15.4. The minimum atomic E-state index is -1.82. The molecule has 0 aromatic carbocycles. The van der Waals surface area contributed by atoms with Crippen molar-refractivity contribution in [3.8, 4) is 0 Å². The van der Waals surface area contributed by atoms with Gasteiger partial charge in [-0.05, 0) is 17.9 Å². The summed E-state index contributed by atoms with van der Waals surface area (Å²) in [6.45, 7) is 11.1. The van der Waals surface area contributed by atoms with Gasteiger partial charge in [0.15, 0.2) is 24.1 Å². The lowest BCUT2D eigenvalue weighted by Crippen LogP contribution is -2.50. The van der Waals surface area contributed by atoms with E-state index >= 15 is 4.39 Å². The molecule has 1 fully saturated rings. The van der Waals surface area contributed by atoms with Crippen molar-refractivity contribution < 1.29 is 28.2 Å². The Hall–Kier alpha value is -2.13. The highest BCUT2D eigenvalue weighted by molar-refractivity contribution is 6.18. The Morgan fingerprint density at radius 3 is 2.64 bits per heavy atom. The molecule has 2 aliphatic rings. The molecule has 33 heavy (non-hydrogen) atoms. The molecule has 8 nitrogen and oxygen atoms in total. The van der Waals surface area contributed by atoms with Crippen molar-refractivity contribution in [2.75, 3.05) is 12.5 Å². The number of carbonyl (C=O) groups is 2. The summed E-state index contributed by atoms with van der Waals surface area (Å²) >= 11 is 6.23. The number of unbranched alkanes of at least 4 members (excludes halogenated alkanes) is 2. The second kappa shape index (κ2) is 11.3. The summed E-state index contributed by atoms with van der Waals surface area (Å²) in [4.78, 5) is 30.2. The van der Waals surface area contributed by atoms with Crippen LogP contribution in [-0.4, -0.2) is 59.3 Å². The number of hydrogen-bond acceptors (Lipinski definition) is 8. The quantitative estimate of drug-likeness (QED) is 0.284. The standard InChI is InChI=1S/C23H35ClFN3O5/c1-6-7-8-9-17(29)31-14-23(13-24)20(32-18(30)12-22(3,4)5)19(25)21(33-23)28-11-10-16(26)27-15(28)2/h10-11,19-21H,2,6-9,12-14H2,1,3-5H3,(H2,26,27)/t19-,20+,21-,23-/m1/s1. The Kier molecular flexibility index (Phi) is 9.31. The zero-order valence-corrected chi connectivity index (χ0v) is 20.6. The van der Waals surface area contributed by atoms with Crippen LogP contribution < -0.4 is 5.73 Å². The number of alkyl halides is 2. The average Bonchev–Trinajstić information content (AvgIpc) is 2.98. The SMILES string of the molecule is C=C1N=C(N)C=CN1[C@@H]1O[C@](CCl)(COC(=O)CCCCC)[C@@H](OC(=O)CC(C)(C)C)[C@H]1F. The largest absolute Gasteiger partial charge is 0.462 e. The van der Waals surface area contributed by atoms with E-state index in [1.807, 2.05) is 27.7 Å². The molecule has 4 atom stereocenters. The number of ether oxygens (including phenoxy) is 3. The Morgan fingerprint density at radius 1 is 1.36 bits per heavy atom. The van der Waals surface area contributed by atoms with E-state index in [4.69, 9.17) is 31.5 Å². The van der Waals surface area contributed by atoms with Crippen molar-refractivity contribution in [3.05, 3.63) is 24.7 Å². The molecule has 1 saturated heterocycles. The first-order valence-corrected chi connectivity index (χ1v) is 11.7. The number of nitrogens with zero attached hydrogens (tertiary/aromatic N) is 2. The van der Waals surface area contributed by atoms with Crippen LogP contribution in [0.4, 0.5) is 4.39 Å². The zero-order chi connectivity index (χ0) is 24.8. The molecule has 2 aliphatic heterocycles. The molecule has 10 heteroatoms. The molecule has 0 aliphatic carbocycles. The molecule has 2 heterocycles. The summed E-state index contributed by atoms with van der Waals surface area (Å²) < 4.78 is 32.7. The molecule has 0 aromatic heterocycles. The smallest absolute Gasteiger partial charge is 0.306 e. The van der Waals surface area contributed by atoms with Crippen LogP contribution in [0.25, 0.3) is 0 Å². The number of hydrogen-bond donors (Lipinski definition) is 1. The van der Waals surface area contributed by atoms with Crippen molar-refractivity contribution >= 4 is 29.4 Å². The topological polar surface area (TPSA) is 103 Å². The lowest BCUT2D eigenvalue weighted by molar-refractivity contribution is -0.175. The van der Waals surface area contributed by atoms with Gasteiger partial charge in [0.05, 0.1) is 12.3 Å². The van der Waals surface area contributed by atoms with Crippen LogP contribution >= 0.6 is 11.6 Å². The van der Waals surface area contributed by atoms with Gasteiger partial charge >= 0.3 is 11.9 Å². The maximum absolute atomic E-state index is 15.8. The molecule has 2 rings (SSSR count). The highest BCUT2D eigenvalue weighted by Crippen LogP contribution is 2.40. The molecule has 186 valence electrons. The maximum Gasteiger partial charge on any atom is 0.306 e. The highest BCUT2D eigenvalue weighted by Gasteiger charge is 2.60. The van der Waals surface area contributed by atoms with E-state index in [1.54, 1.807) is 0 Å². The Labute approximate surface area is 200 Å². The van der Waals surface area contributed by atoms with E-state index in [0.717, 1.165) is 12.8 Å². The van der Waals surface area contributed by atoms with Crippen molar-refractivity contribution in [2.45, 2.75) is 83.9 Å². The van der Waals surface area contributed by atoms with Crippen LogP contribution in [0, 0.1) is 5.41 Å². The minimum Gasteiger partial charge on any atom is -0.462 e. The molecule has 0 unspecified atom stereocenters. The average molecular weight is 488 g/mol. The fourth-order valence-electron chi connectivity index (χ4n) is 3.59. The Morgan fingerprint density at radius 2 is 2.06 bits per heavy atom. The van der Waals surface area contributed by atoms with Gasteiger partial charge in [-0.25, -0.2) is 9.38 Å². The summed E-state index contributed by atoms with van der Waals surface area (Å²) in [6, 6.07) is 0. The van der Waals surface area contributed by atoms with E-state index in [1.165, 1.54) is 17.2 Å². The van der Waals surface area contributed by atoms with Gasteiger partial charge in [-0.2, -0.15) is 0 Å². The molecular formula is C23H35ClFN3O5. The van der Waals surface area contributed by atoms with Crippen LogP contribution in [0.15, 0.2) is 29.7 Å². The van der Waals surface area contributed by atoms with Gasteiger partial charge in [0.25, 0.3) is 0 Å². The number of amidine groups is 1. The minimum absolute atomic E-state index is 0.0627. The molecular weight excluding hydrogens is 453 g/mol. The van der Waals surface area contributed by atoms with Gasteiger partial charge in [0.2, 0.25) is 0 Å². The summed E-state index contributed by atoms with van der Waals surface area (Å²) in [5.74, 6) is -0.949. The number of nitrogens with two attached hydrogens (primary N) is 1. The Balaban J connectivity index is 2.25. The third kappa shape index (κ3) is 7.17. The Bertz CT molecular complexity index is 797. The lowest BCUT2D eigenvalue weighted by Gasteiger charge is -2.33. The van der Waals surface area contributed by atoms with E-state index < -0.39 is 36.0 Å². The number of aliphatic imine (C=N–C) groups is 1. The van der Waals surface area contributed by atoms with Gasteiger partial charge in [-0.15, -0.1) is 11.6 Å². The van der Waals surface area contributed by atoms with E-state index in [9.17, 15) is 9.59 Å². The predicted molar refractivity (Wildman–Crippen MR) is 124 cm³/mol. The maximum atomic E-state index is 15.8. The van der Waals surface area contributed by atoms with Crippen molar-refractivity contribution in [3.63, 3.8) is 0 Å². The number of esters is 2. The zero-order valence-electron chi connectivity index (χ0n) is 19.8. The number of halogens is 2. The highest BCUT2D eigenvalue weighted by atomic mass is 35.5. The van der Waals surface area contributed by atoms with Gasteiger partial charge in [-0.1, -0.05) is 47.1 Å². The van der Waals surface area contributed by atoms with Crippen molar-refractivity contribution in [2.24, 2.45) is 16.1 Å². The number of rotatable bonds is 10. The van der Waals surface area contributed by atoms with Gasteiger partial charge < -0.3 is 24.8 Å². The summed E-state index contributed by atoms with van der Waals surface area (Å²) in [5.41, 5.74) is 3.73. The van der Waals surface area contributed by atoms with Crippen LogP contribution in [0.3, 0.4) is 0 Å². The molecule has 0 aromatic rings. The first-order valence-electron chi connectivity index (χ1n) is 11.1. The lowest BCUT2D eigenvalue weighted by atomic mass is 9.92. The molecule has 0 spiro atoms. The van der Waals surface area contributed by atoms with Gasteiger partial charge in [0, 0.05) is 12.6 Å². The van der Waals surface area contributed by atoms with Crippen molar-refractivity contribution in [1.82, 2.24) is 4.90 Å². The first kappa shape index (κ1) is 27.1. The molecule has 0 amide bonds. The third-order valence-corrected chi connectivity index (χ3v) is 5.75. The van der Waals surface area contributed by atoms with Gasteiger partial charge in [0.1, 0.15) is 18.3 Å². The fraction of sp³-hybridized carbons (Fsp3) is 0.696. The summed E-state index contributed by atoms with van der Waals surface area (Å²) in [7, 11) is 0. The predicted octanol–water partition coefficient (Wildman–Crippen LogP) is 3.79. The third-order valence-electron chi connectivity index (χ3n) is 5.29. The van der Waals surface area contributed by atoms with Gasteiger partial charge in [-0.3, -0.25) is 9.59 Å². The molecule has 0 saturated carbocycles. The monoisotopic (exact) mass is 487 g/mol. The van der Waals surface area contributed by atoms with Crippen LogP contribution in [-0.2, 0) is 23.8 Å². The van der Waals surface area contributed by atoms with Crippen LogP contribution in [0.1, 0.15) is 59.8 Å².